The standard InChI is InChI=1S/C6H6O3S/c7-5-3-1-10-2-4(3)6(8)9-5/h5,7H,1-2H2. The van der Waals surface area contributed by atoms with E-state index in [2.05, 4.69) is 4.74 Å². The summed E-state index contributed by atoms with van der Waals surface area (Å²) in [6.07, 6.45) is -0.947. The normalized spacial score (nSPS) is 30.9. The van der Waals surface area contributed by atoms with Crippen molar-refractivity contribution in [1.29, 1.82) is 0 Å². The van der Waals surface area contributed by atoms with E-state index in [4.69, 9.17) is 5.11 Å². The molecule has 1 N–H and O–H groups in total. The highest BCUT2D eigenvalue weighted by Gasteiger charge is 2.35. The lowest BCUT2D eigenvalue weighted by molar-refractivity contribution is -0.151. The average molecular weight is 158 g/mol. The molecular formula is C6H6O3S. The summed E-state index contributed by atoms with van der Waals surface area (Å²) in [6, 6.07) is 0. The first kappa shape index (κ1) is 6.24. The first-order valence-corrected chi connectivity index (χ1v) is 4.13. The molecule has 0 saturated carbocycles. The molecule has 0 aromatic carbocycles. The second-order valence-corrected chi connectivity index (χ2v) is 3.24. The second-order valence-electron chi connectivity index (χ2n) is 2.25. The number of esters is 1. The van der Waals surface area contributed by atoms with E-state index in [1.54, 1.807) is 11.8 Å². The molecule has 0 bridgehead atoms. The molecule has 0 amide bonds. The number of aliphatic hydroxyl groups excluding tert-OH is 1. The highest BCUT2D eigenvalue weighted by Crippen LogP contribution is 2.32. The minimum Gasteiger partial charge on any atom is -0.428 e. The molecule has 2 aliphatic rings. The van der Waals surface area contributed by atoms with Crippen LogP contribution in [-0.2, 0) is 9.53 Å². The largest absolute Gasteiger partial charge is 0.428 e. The van der Waals surface area contributed by atoms with Gasteiger partial charge in [-0.25, -0.2) is 4.79 Å². The number of hydrogen-bond donors (Lipinski definition) is 1. The van der Waals surface area contributed by atoms with Crippen LogP contribution in [0.2, 0.25) is 0 Å². The number of aliphatic hydroxyl groups is 1. The van der Waals surface area contributed by atoms with Crippen LogP contribution >= 0.6 is 11.8 Å². The fourth-order valence-electron chi connectivity index (χ4n) is 1.10. The summed E-state index contributed by atoms with van der Waals surface area (Å²) in [4.78, 5) is 10.8. The van der Waals surface area contributed by atoms with E-state index in [9.17, 15) is 4.79 Å². The van der Waals surface area contributed by atoms with Gasteiger partial charge in [-0.05, 0) is 0 Å². The van der Waals surface area contributed by atoms with Gasteiger partial charge in [0.05, 0.1) is 5.57 Å². The smallest absolute Gasteiger partial charge is 0.337 e. The van der Waals surface area contributed by atoms with Gasteiger partial charge in [-0.3, -0.25) is 0 Å². The minimum absolute atomic E-state index is 0.340. The van der Waals surface area contributed by atoms with Gasteiger partial charge in [-0.15, -0.1) is 0 Å². The maximum absolute atomic E-state index is 10.8. The molecular weight excluding hydrogens is 152 g/mol. The van der Waals surface area contributed by atoms with Crippen LogP contribution < -0.4 is 0 Å². The van der Waals surface area contributed by atoms with Gasteiger partial charge >= 0.3 is 5.97 Å². The third-order valence-corrected chi connectivity index (χ3v) is 2.66. The van der Waals surface area contributed by atoms with Crippen molar-refractivity contribution in [3.8, 4) is 0 Å². The molecule has 0 aromatic heterocycles. The lowest BCUT2D eigenvalue weighted by atomic mass is 10.2. The molecule has 10 heavy (non-hydrogen) atoms. The van der Waals surface area contributed by atoms with Gasteiger partial charge in [0.2, 0.25) is 6.29 Å². The second kappa shape index (κ2) is 2.00. The van der Waals surface area contributed by atoms with Crippen LogP contribution in [0.25, 0.3) is 0 Å². The molecule has 1 atom stereocenters. The van der Waals surface area contributed by atoms with E-state index >= 15 is 0 Å². The van der Waals surface area contributed by atoms with Gasteiger partial charge in [0.25, 0.3) is 0 Å². The van der Waals surface area contributed by atoms with Crippen molar-refractivity contribution in [1.82, 2.24) is 0 Å². The summed E-state index contributed by atoms with van der Waals surface area (Å²) >= 11 is 1.64. The van der Waals surface area contributed by atoms with E-state index in [1.165, 1.54) is 0 Å². The zero-order chi connectivity index (χ0) is 7.14. The average Bonchev–Trinajstić information content (AvgIpc) is 2.39. The predicted molar refractivity (Wildman–Crippen MR) is 36.4 cm³/mol. The van der Waals surface area contributed by atoms with Crippen molar-refractivity contribution < 1.29 is 14.6 Å². The Hall–Kier alpha value is -0.480. The molecule has 0 fully saturated rings. The molecule has 2 aliphatic heterocycles. The van der Waals surface area contributed by atoms with Gasteiger partial charge in [-0.1, -0.05) is 0 Å². The monoisotopic (exact) mass is 158 g/mol. The van der Waals surface area contributed by atoms with Gasteiger partial charge in [0.1, 0.15) is 0 Å². The Bertz CT molecular complexity index is 221. The predicted octanol–water partition coefficient (Wildman–Crippen LogP) is -0.0950. The summed E-state index contributed by atoms with van der Waals surface area (Å²) in [7, 11) is 0. The highest BCUT2D eigenvalue weighted by atomic mass is 32.2. The molecule has 54 valence electrons. The van der Waals surface area contributed by atoms with Crippen LogP contribution in [0.1, 0.15) is 0 Å². The Morgan fingerprint density at radius 1 is 1.60 bits per heavy atom. The maximum atomic E-state index is 10.8. The van der Waals surface area contributed by atoms with Crippen LogP contribution in [0.15, 0.2) is 11.1 Å². The van der Waals surface area contributed by atoms with Crippen LogP contribution in [-0.4, -0.2) is 28.9 Å². The van der Waals surface area contributed by atoms with E-state index in [0.29, 0.717) is 11.3 Å². The summed E-state index contributed by atoms with van der Waals surface area (Å²) < 4.78 is 4.56. The van der Waals surface area contributed by atoms with Crippen molar-refractivity contribution in [3.05, 3.63) is 11.1 Å². The lowest BCUT2D eigenvalue weighted by Crippen LogP contribution is -2.11. The van der Waals surface area contributed by atoms with Crippen molar-refractivity contribution in [2.75, 3.05) is 11.5 Å². The van der Waals surface area contributed by atoms with E-state index in [0.717, 1.165) is 11.3 Å². The number of cyclic esters (lactones) is 1. The quantitative estimate of drug-likeness (QED) is 0.500. The van der Waals surface area contributed by atoms with Crippen LogP contribution in [0, 0.1) is 0 Å². The van der Waals surface area contributed by atoms with Gasteiger partial charge in [0, 0.05) is 17.1 Å². The van der Waals surface area contributed by atoms with Gasteiger partial charge < -0.3 is 9.84 Å². The zero-order valence-corrected chi connectivity index (χ0v) is 5.98. The van der Waals surface area contributed by atoms with Crippen molar-refractivity contribution in [3.63, 3.8) is 0 Å². The number of thioether (sulfide) groups is 1. The van der Waals surface area contributed by atoms with Crippen LogP contribution in [0.3, 0.4) is 0 Å². The van der Waals surface area contributed by atoms with Crippen LogP contribution in [0.4, 0.5) is 0 Å². The molecule has 0 radical (unpaired) electrons. The molecule has 0 aromatic rings. The Balaban J connectivity index is 2.36. The molecule has 3 nitrogen and oxygen atoms in total. The van der Waals surface area contributed by atoms with E-state index in [-0.39, 0.29) is 5.97 Å². The van der Waals surface area contributed by atoms with Crippen molar-refractivity contribution in [2.45, 2.75) is 6.29 Å². The number of carbonyl (C=O) groups excluding carboxylic acids is 1. The molecule has 2 heterocycles. The van der Waals surface area contributed by atoms with Gasteiger partial charge in [0.15, 0.2) is 0 Å². The number of rotatable bonds is 0. The Morgan fingerprint density at radius 3 is 3.10 bits per heavy atom. The molecule has 0 spiro atoms. The number of carbonyl (C=O) groups is 1. The van der Waals surface area contributed by atoms with Crippen molar-refractivity contribution >= 4 is 17.7 Å². The van der Waals surface area contributed by atoms with Crippen molar-refractivity contribution in [2.24, 2.45) is 0 Å². The Kier molecular flexibility index (Phi) is 1.25. The van der Waals surface area contributed by atoms with Crippen LogP contribution in [0.5, 0.6) is 0 Å². The molecule has 1 unspecified atom stereocenters. The number of hydrogen-bond acceptors (Lipinski definition) is 4. The highest BCUT2D eigenvalue weighted by molar-refractivity contribution is 8.00. The fraction of sp³-hybridized carbons (Fsp3) is 0.500. The van der Waals surface area contributed by atoms with Gasteiger partial charge in [-0.2, -0.15) is 11.8 Å². The summed E-state index contributed by atoms with van der Waals surface area (Å²) in [5, 5.41) is 9.06. The fourth-order valence-corrected chi connectivity index (χ4v) is 2.24. The third-order valence-electron chi connectivity index (χ3n) is 1.65. The summed E-state index contributed by atoms with van der Waals surface area (Å²) in [5.74, 6) is 1.10. The Labute approximate surface area is 62.1 Å². The molecule has 0 saturated heterocycles. The lowest BCUT2D eigenvalue weighted by Gasteiger charge is -2.03. The summed E-state index contributed by atoms with van der Waals surface area (Å²) in [6.45, 7) is 0. The number of ether oxygens (including phenoxy) is 1. The van der Waals surface area contributed by atoms with E-state index < -0.39 is 6.29 Å². The maximum Gasteiger partial charge on any atom is 0.337 e. The first-order chi connectivity index (χ1) is 4.79. The third kappa shape index (κ3) is 0.690. The first-order valence-electron chi connectivity index (χ1n) is 2.98. The summed E-state index contributed by atoms with van der Waals surface area (Å²) in [5.41, 5.74) is 1.45. The minimum atomic E-state index is -0.947. The zero-order valence-electron chi connectivity index (χ0n) is 5.16. The molecule has 2 rings (SSSR count). The molecule has 4 heteroatoms. The topological polar surface area (TPSA) is 46.5 Å². The Morgan fingerprint density at radius 2 is 2.40 bits per heavy atom. The van der Waals surface area contributed by atoms with E-state index in [1.807, 2.05) is 0 Å². The molecule has 0 aliphatic carbocycles. The SMILES string of the molecule is O=C1OC(O)C2=C1CSC2.